The number of rotatable bonds is 10. The number of aromatic nitrogens is 1. The van der Waals surface area contributed by atoms with Gasteiger partial charge < -0.3 is 15.5 Å². The molecular weight excluding hydrogens is 300 g/mol. The number of aliphatic imine (C=N–C) groups is 1. The van der Waals surface area contributed by atoms with Crippen molar-refractivity contribution in [2.24, 2.45) is 10.7 Å². The van der Waals surface area contributed by atoms with Crippen LogP contribution < -0.4 is 11.1 Å². The molecule has 0 aliphatic heterocycles. The Morgan fingerprint density at radius 2 is 1.88 bits per heavy atom. The Bertz CT molecular complexity index is 607. The first-order valence-corrected chi connectivity index (χ1v) is 8.83. The smallest absolute Gasteiger partial charge is 0.226 e. The number of nitrogens with one attached hydrogen (secondary N) is 1. The van der Waals surface area contributed by atoms with Gasteiger partial charge in [-0.15, -0.1) is 0 Å². The maximum atomic E-state index is 5.88. The number of oxazole rings is 1. The summed E-state index contributed by atoms with van der Waals surface area (Å²) in [6.07, 6.45) is 9.24. The van der Waals surface area contributed by atoms with Crippen molar-refractivity contribution in [3.63, 3.8) is 0 Å². The van der Waals surface area contributed by atoms with E-state index in [-0.39, 0.29) is 0 Å². The van der Waals surface area contributed by atoms with Gasteiger partial charge in [0.2, 0.25) is 5.89 Å². The van der Waals surface area contributed by atoms with Crippen molar-refractivity contribution in [3.8, 4) is 11.5 Å². The minimum Gasteiger partial charge on any atom is -0.444 e. The Morgan fingerprint density at radius 3 is 2.67 bits per heavy atom. The topological polar surface area (TPSA) is 76.4 Å². The van der Waals surface area contributed by atoms with Crippen molar-refractivity contribution in [2.75, 3.05) is 6.54 Å². The quantitative estimate of drug-likeness (QED) is 0.391. The predicted molar refractivity (Wildman–Crippen MR) is 98.6 cm³/mol. The minimum absolute atomic E-state index is 0.422. The average molecular weight is 328 g/mol. The molecule has 0 spiro atoms. The first-order valence-electron chi connectivity index (χ1n) is 8.83. The summed E-state index contributed by atoms with van der Waals surface area (Å²) in [7, 11) is 0. The molecule has 2 aromatic rings. The summed E-state index contributed by atoms with van der Waals surface area (Å²) in [4.78, 5) is 8.74. The second kappa shape index (κ2) is 10.5. The lowest BCUT2D eigenvalue weighted by atomic mass is 10.1. The molecule has 0 bridgehead atoms. The van der Waals surface area contributed by atoms with Crippen LogP contribution in [0, 0.1) is 0 Å². The molecule has 0 saturated heterocycles. The molecule has 1 heterocycles. The maximum Gasteiger partial charge on any atom is 0.226 e. The van der Waals surface area contributed by atoms with Crippen LogP contribution in [-0.2, 0) is 6.54 Å². The molecule has 0 unspecified atom stereocenters. The molecule has 3 N–H and O–H groups in total. The van der Waals surface area contributed by atoms with Crippen LogP contribution in [0.5, 0.6) is 0 Å². The summed E-state index contributed by atoms with van der Waals surface area (Å²) in [5.41, 5.74) is 7.62. The van der Waals surface area contributed by atoms with Crippen molar-refractivity contribution in [3.05, 3.63) is 42.3 Å². The van der Waals surface area contributed by atoms with E-state index in [2.05, 4.69) is 22.2 Å². The molecule has 0 aliphatic rings. The Labute approximate surface area is 144 Å². The zero-order valence-electron chi connectivity index (χ0n) is 14.5. The molecule has 0 aliphatic carbocycles. The molecule has 0 fully saturated rings. The van der Waals surface area contributed by atoms with Crippen LogP contribution >= 0.6 is 0 Å². The number of benzene rings is 1. The predicted octanol–water partition coefficient (Wildman–Crippen LogP) is 4.11. The van der Waals surface area contributed by atoms with Crippen LogP contribution in [0.1, 0.15) is 51.1 Å². The van der Waals surface area contributed by atoms with Crippen LogP contribution in [0.3, 0.4) is 0 Å². The molecule has 0 atom stereocenters. The highest BCUT2D eigenvalue weighted by atomic mass is 16.3. The molecule has 2 rings (SSSR count). The number of unbranched alkanes of at least 4 members (excludes halogenated alkanes) is 5. The summed E-state index contributed by atoms with van der Waals surface area (Å²) in [6, 6.07) is 9.82. The molecule has 130 valence electrons. The van der Waals surface area contributed by atoms with Gasteiger partial charge in [0.25, 0.3) is 0 Å². The third-order valence-electron chi connectivity index (χ3n) is 3.82. The van der Waals surface area contributed by atoms with Crippen LogP contribution in [0.2, 0.25) is 0 Å². The van der Waals surface area contributed by atoms with Crippen molar-refractivity contribution in [1.82, 2.24) is 10.3 Å². The second-order valence-electron chi connectivity index (χ2n) is 5.91. The van der Waals surface area contributed by atoms with Gasteiger partial charge in [0, 0.05) is 12.1 Å². The number of hydrogen-bond donors (Lipinski definition) is 2. The highest BCUT2D eigenvalue weighted by molar-refractivity contribution is 5.77. The third-order valence-corrected chi connectivity index (χ3v) is 3.82. The Balaban J connectivity index is 1.68. The summed E-state index contributed by atoms with van der Waals surface area (Å²) in [5.74, 6) is 1.08. The minimum atomic E-state index is 0.422. The fourth-order valence-electron chi connectivity index (χ4n) is 2.44. The average Bonchev–Trinajstić information content (AvgIpc) is 3.09. The van der Waals surface area contributed by atoms with Gasteiger partial charge in [-0.1, -0.05) is 57.2 Å². The molecule has 0 saturated carbocycles. The van der Waals surface area contributed by atoms with Gasteiger partial charge in [0.1, 0.15) is 12.0 Å². The number of guanidine groups is 1. The number of nitrogens with two attached hydrogens (primary N) is 1. The monoisotopic (exact) mass is 328 g/mol. The van der Waals surface area contributed by atoms with Crippen LogP contribution in [0.15, 0.2) is 46.0 Å². The number of nitrogens with zero attached hydrogens (tertiary/aromatic N) is 2. The normalized spacial score (nSPS) is 11.6. The van der Waals surface area contributed by atoms with Crippen molar-refractivity contribution in [1.29, 1.82) is 0 Å². The fourth-order valence-corrected chi connectivity index (χ4v) is 2.44. The van der Waals surface area contributed by atoms with Crippen LogP contribution in [0.4, 0.5) is 0 Å². The van der Waals surface area contributed by atoms with Gasteiger partial charge in [0.15, 0.2) is 5.96 Å². The highest BCUT2D eigenvalue weighted by Gasteiger charge is 2.05. The Morgan fingerprint density at radius 1 is 1.12 bits per heavy atom. The van der Waals surface area contributed by atoms with Crippen molar-refractivity contribution in [2.45, 2.75) is 52.0 Å². The fraction of sp³-hybridized carbons (Fsp3) is 0.474. The largest absolute Gasteiger partial charge is 0.444 e. The third kappa shape index (κ3) is 6.44. The standard InChI is InChI=1S/C19H28N4O/c1-2-3-4-5-6-10-13-21-19(20)22-14-17-15-24-18(23-17)16-11-8-7-9-12-16/h7-9,11-12,15H,2-6,10,13-14H2,1H3,(H3,20,21,22). The molecule has 5 nitrogen and oxygen atoms in total. The maximum absolute atomic E-state index is 5.88. The zero-order chi connectivity index (χ0) is 17.0. The van der Waals surface area contributed by atoms with E-state index in [1.54, 1.807) is 6.26 Å². The summed E-state index contributed by atoms with van der Waals surface area (Å²) in [6.45, 7) is 3.53. The van der Waals surface area contributed by atoms with Gasteiger partial charge in [-0.3, -0.25) is 0 Å². The van der Waals surface area contributed by atoms with E-state index in [4.69, 9.17) is 10.2 Å². The van der Waals surface area contributed by atoms with E-state index in [0.29, 0.717) is 18.4 Å². The van der Waals surface area contributed by atoms with Gasteiger partial charge in [-0.25, -0.2) is 9.98 Å². The first-order chi connectivity index (χ1) is 11.8. The van der Waals surface area contributed by atoms with Crippen molar-refractivity contribution >= 4 is 5.96 Å². The van der Waals surface area contributed by atoms with Crippen LogP contribution in [0.25, 0.3) is 11.5 Å². The molecule has 1 aromatic carbocycles. The van der Waals surface area contributed by atoms with E-state index in [1.165, 1.54) is 32.1 Å². The second-order valence-corrected chi connectivity index (χ2v) is 5.91. The first kappa shape index (κ1) is 18.0. The summed E-state index contributed by atoms with van der Waals surface area (Å²) < 4.78 is 5.49. The van der Waals surface area contributed by atoms with E-state index >= 15 is 0 Å². The van der Waals surface area contributed by atoms with E-state index in [9.17, 15) is 0 Å². The van der Waals surface area contributed by atoms with Gasteiger partial charge >= 0.3 is 0 Å². The number of hydrogen-bond acceptors (Lipinski definition) is 3. The molecule has 24 heavy (non-hydrogen) atoms. The Hall–Kier alpha value is -2.30. The van der Waals surface area contributed by atoms with Gasteiger partial charge in [-0.05, 0) is 18.6 Å². The van der Waals surface area contributed by atoms with E-state index in [1.807, 2.05) is 30.3 Å². The SMILES string of the molecule is CCCCCCCCNC(N)=NCc1coc(-c2ccccc2)n1. The lowest BCUT2D eigenvalue weighted by Crippen LogP contribution is -2.32. The lowest BCUT2D eigenvalue weighted by molar-refractivity contribution is 0.572. The van der Waals surface area contributed by atoms with E-state index < -0.39 is 0 Å². The molecule has 5 heteroatoms. The van der Waals surface area contributed by atoms with Gasteiger partial charge in [0.05, 0.1) is 6.54 Å². The van der Waals surface area contributed by atoms with Crippen LogP contribution in [-0.4, -0.2) is 17.5 Å². The molecule has 0 amide bonds. The molecular formula is C19H28N4O. The van der Waals surface area contributed by atoms with Crippen molar-refractivity contribution < 1.29 is 4.42 Å². The molecule has 0 radical (unpaired) electrons. The summed E-state index contributed by atoms with van der Waals surface area (Å²) in [5, 5.41) is 3.15. The summed E-state index contributed by atoms with van der Waals surface area (Å²) >= 11 is 0. The lowest BCUT2D eigenvalue weighted by Gasteiger charge is -2.05. The van der Waals surface area contributed by atoms with Gasteiger partial charge in [-0.2, -0.15) is 0 Å². The highest BCUT2D eigenvalue weighted by Crippen LogP contribution is 2.18. The Kier molecular flexibility index (Phi) is 7.87. The zero-order valence-corrected chi connectivity index (χ0v) is 14.5. The van der Waals surface area contributed by atoms with E-state index in [0.717, 1.165) is 24.2 Å². The molecule has 1 aromatic heterocycles.